The predicted octanol–water partition coefficient (Wildman–Crippen LogP) is 22.6. The summed E-state index contributed by atoms with van der Waals surface area (Å²) in [7, 11) is 3.57. The van der Waals surface area contributed by atoms with E-state index in [0.717, 1.165) is 190 Å². The minimum absolute atomic E-state index is 0.0526. The molecule has 0 saturated heterocycles. The van der Waals surface area contributed by atoms with Gasteiger partial charge in [-0.2, -0.15) is 0 Å². The van der Waals surface area contributed by atoms with E-state index in [4.69, 9.17) is 0 Å². The zero-order valence-electron chi connectivity index (χ0n) is 58.0. The summed E-state index contributed by atoms with van der Waals surface area (Å²) in [5.41, 5.74) is 0. The molecule has 0 aromatic carbocycles. The smallest absolute Gasteiger partial charge is 0.240 e. The third-order valence-electron chi connectivity index (χ3n) is 16.2. The van der Waals surface area contributed by atoms with E-state index < -0.39 is 47.8 Å². The molecule has 0 aliphatic heterocycles. The molecule has 0 saturated carbocycles. The van der Waals surface area contributed by atoms with Crippen molar-refractivity contribution in [3.63, 3.8) is 0 Å². The SMILES string of the molecule is CCCCC/C=C\C/C=C\CCCCCCCC(=O)N(C(=O)CCCCCCC/C=C\C/C=C\CCCCC)C(=O)CC(CN(C)C)C(=O)N(C(=O)CCCCCCC/C=C\C/C=C\CCCCC)C(=O)CCCCCCC/C=C\C/C=C\CCCCC. The Balaban J connectivity index is 6.04. The van der Waals surface area contributed by atoms with Crippen molar-refractivity contribution in [1.29, 1.82) is 0 Å². The number of allylic oxidation sites excluding steroid dienone is 16. The largest absolute Gasteiger partial charge is 0.309 e. The van der Waals surface area contributed by atoms with Crippen molar-refractivity contribution in [2.45, 2.75) is 342 Å². The quantitative estimate of drug-likeness (QED) is 0.0440. The molecule has 0 N–H and O–H groups in total. The maximum absolute atomic E-state index is 14.8. The zero-order chi connectivity index (χ0) is 64.4. The van der Waals surface area contributed by atoms with Crippen LogP contribution in [0.25, 0.3) is 0 Å². The molecule has 0 aliphatic rings. The molecule has 0 aliphatic carbocycles. The average molecular weight is 1220 g/mol. The second-order valence-corrected chi connectivity index (χ2v) is 25.1. The van der Waals surface area contributed by atoms with Gasteiger partial charge in [0.2, 0.25) is 35.4 Å². The molecule has 502 valence electrons. The van der Waals surface area contributed by atoms with E-state index in [2.05, 4.69) is 125 Å². The van der Waals surface area contributed by atoms with Crippen LogP contribution in [0.4, 0.5) is 0 Å². The van der Waals surface area contributed by atoms with Gasteiger partial charge in [0.15, 0.2) is 0 Å². The Morgan fingerprint density at radius 3 is 0.716 bits per heavy atom. The molecule has 9 heteroatoms. The molecular weight excluding hydrogens is 1090 g/mol. The Bertz CT molecular complexity index is 1840. The Labute approximate surface area is 542 Å². The van der Waals surface area contributed by atoms with E-state index >= 15 is 0 Å². The van der Waals surface area contributed by atoms with Gasteiger partial charge < -0.3 is 4.90 Å². The van der Waals surface area contributed by atoms with E-state index in [1.807, 2.05) is 0 Å². The first-order chi connectivity index (χ1) is 43.0. The predicted molar refractivity (Wildman–Crippen MR) is 378 cm³/mol. The number of unbranched alkanes of at least 4 members (excludes halogenated alkanes) is 32. The van der Waals surface area contributed by atoms with Crippen LogP contribution >= 0.6 is 0 Å². The van der Waals surface area contributed by atoms with Gasteiger partial charge in [-0.05, 0) is 168 Å². The summed E-state index contributed by atoms with van der Waals surface area (Å²) < 4.78 is 0. The summed E-state index contributed by atoms with van der Waals surface area (Å²) in [6, 6.07) is 0. The highest BCUT2D eigenvalue weighted by molar-refractivity contribution is 6.14. The van der Waals surface area contributed by atoms with E-state index in [9.17, 15) is 28.8 Å². The van der Waals surface area contributed by atoms with Crippen LogP contribution in [0.1, 0.15) is 342 Å². The fraction of sp³-hybridized carbons (Fsp3) is 0.722. The Morgan fingerprint density at radius 2 is 0.477 bits per heavy atom. The van der Waals surface area contributed by atoms with Crippen LogP contribution in [0.5, 0.6) is 0 Å². The van der Waals surface area contributed by atoms with Crippen LogP contribution in [0, 0.1) is 5.92 Å². The summed E-state index contributed by atoms with van der Waals surface area (Å²) >= 11 is 0. The Morgan fingerprint density at radius 1 is 0.261 bits per heavy atom. The van der Waals surface area contributed by atoms with Crippen LogP contribution in [0.3, 0.4) is 0 Å². The molecule has 0 bridgehead atoms. The highest BCUT2D eigenvalue weighted by atomic mass is 16.2. The fourth-order valence-corrected chi connectivity index (χ4v) is 10.8. The normalized spacial score (nSPS) is 12.6. The minimum atomic E-state index is -1.11. The maximum atomic E-state index is 14.8. The molecule has 0 aromatic rings. The molecule has 6 amide bonds. The maximum Gasteiger partial charge on any atom is 0.240 e. The number of amides is 6. The van der Waals surface area contributed by atoms with Crippen molar-refractivity contribution in [1.82, 2.24) is 14.7 Å². The van der Waals surface area contributed by atoms with Gasteiger partial charge in [0.1, 0.15) is 0 Å². The Kier molecular flexibility index (Phi) is 62.1. The lowest BCUT2D eigenvalue weighted by atomic mass is 9.99. The first-order valence-corrected chi connectivity index (χ1v) is 36.7. The van der Waals surface area contributed by atoms with Crippen molar-refractivity contribution in [3.05, 3.63) is 97.2 Å². The molecule has 0 heterocycles. The second kappa shape index (κ2) is 65.5. The van der Waals surface area contributed by atoms with Crippen LogP contribution in [-0.4, -0.2) is 70.8 Å². The Hall–Kier alpha value is -4.50. The van der Waals surface area contributed by atoms with Crippen LogP contribution in [0.15, 0.2) is 97.2 Å². The van der Waals surface area contributed by atoms with Crippen molar-refractivity contribution in [2.75, 3.05) is 20.6 Å². The molecule has 0 radical (unpaired) electrons. The van der Waals surface area contributed by atoms with Crippen molar-refractivity contribution < 1.29 is 28.8 Å². The number of carbonyl (C=O) groups excluding carboxylic acids is 6. The molecule has 0 rings (SSSR count). The highest BCUT2D eigenvalue weighted by Gasteiger charge is 2.37. The van der Waals surface area contributed by atoms with E-state index in [-0.39, 0.29) is 32.2 Å². The van der Waals surface area contributed by atoms with Crippen molar-refractivity contribution in [2.24, 2.45) is 5.92 Å². The van der Waals surface area contributed by atoms with Gasteiger partial charge in [-0.15, -0.1) is 0 Å². The first kappa shape index (κ1) is 83.5. The van der Waals surface area contributed by atoms with Crippen LogP contribution < -0.4 is 0 Å². The molecule has 88 heavy (non-hydrogen) atoms. The number of carbonyl (C=O) groups is 6. The summed E-state index contributed by atoms with van der Waals surface area (Å²) in [5, 5.41) is 0. The van der Waals surface area contributed by atoms with E-state index in [1.165, 1.54) is 77.0 Å². The average Bonchev–Trinajstić information content (AvgIpc) is 3.59. The van der Waals surface area contributed by atoms with Gasteiger partial charge in [-0.1, -0.05) is 253 Å². The lowest BCUT2D eigenvalue weighted by Crippen LogP contribution is -2.49. The van der Waals surface area contributed by atoms with Gasteiger partial charge in [0, 0.05) is 38.6 Å². The summed E-state index contributed by atoms with van der Waals surface area (Å²) in [6.07, 6.45) is 81.0. The zero-order valence-corrected chi connectivity index (χ0v) is 58.0. The van der Waals surface area contributed by atoms with Crippen molar-refractivity contribution in [3.8, 4) is 0 Å². The molecule has 0 fully saturated rings. The van der Waals surface area contributed by atoms with Crippen LogP contribution in [0.2, 0.25) is 0 Å². The molecule has 1 unspecified atom stereocenters. The van der Waals surface area contributed by atoms with Gasteiger partial charge in [-0.3, -0.25) is 28.8 Å². The monoisotopic (exact) mass is 1220 g/mol. The third kappa shape index (κ3) is 53.3. The molecule has 0 spiro atoms. The molecular formula is C79H135N3O6. The van der Waals surface area contributed by atoms with Crippen molar-refractivity contribution >= 4 is 35.4 Å². The fourth-order valence-electron chi connectivity index (χ4n) is 10.8. The molecule has 9 nitrogen and oxygen atoms in total. The number of imide groups is 6. The number of hydrogen-bond acceptors (Lipinski definition) is 7. The summed E-state index contributed by atoms with van der Waals surface area (Å²) in [5.74, 6) is -4.71. The standard InChI is InChI=1S/C79H135N3O6/c1-7-11-15-19-23-27-31-35-39-43-47-51-55-59-63-67-74(83)81(75(84)68-64-60-56-52-48-44-40-36-32-28-24-20-16-12-8-2)78(87)71-73(72-80(5)6)79(88)82(76(85)69-65-61-57-53-49-45-41-37-33-29-25-21-17-13-9-3)77(86)70-66-62-58-54-50-46-42-38-34-30-26-22-18-14-10-4/h23-30,35-42,73H,7-22,31-34,43-72H2,1-6H3/b27-23-,28-24-,29-25-,30-26-,39-35-,40-36-,41-37-,42-38-. The molecule has 0 aromatic heterocycles. The lowest BCUT2D eigenvalue weighted by Gasteiger charge is -2.28. The summed E-state index contributed by atoms with van der Waals surface area (Å²) in [4.78, 5) is 89.5. The number of rotatable bonds is 61. The second-order valence-electron chi connectivity index (χ2n) is 25.1. The third-order valence-corrected chi connectivity index (χ3v) is 16.2. The topological polar surface area (TPSA) is 112 Å². The number of nitrogens with zero attached hydrogens (tertiary/aromatic N) is 3. The summed E-state index contributed by atoms with van der Waals surface area (Å²) in [6.45, 7) is 8.98. The van der Waals surface area contributed by atoms with Gasteiger partial charge in [-0.25, -0.2) is 9.80 Å². The van der Waals surface area contributed by atoms with Gasteiger partial charge in [0.05, 0.1) is 5.92 Å². The highest BCUT2D eigenvalue weighted by Crippen LogP contribution is 2.21. The van der Waals surface area contributed by atoms with Gasteiger partial charge >= 0.3 is 0 Å². The van der Waals surface area contributed by atoms with E-state index in [0.29, 0.717) is 25.7 Å². The lowest BCUT2D eigenvalue weighted by molar-refractivity contribution is -0.161. The van der Waals surface area contributed by atoms with Gasteiger partial charge in [0.25, 0.3) is 0 Å². The number of hydrogen-bond donors (Lipinski definition) is 0. The molecule has 1 atom stereocenters. The first-order valence-electron chi connectivity index (χ1n) is 36.7. The minimum Gasteiger partial charge on any atom is -0.309 e. The van der Waals surface area contributed by atoms with Crippen LogP contribution in [-0.2, 0) is 28.8 Å². The van der Waals surface area contributed by atoms with E-state index in [1.54, 1.807) is 19.0 Å².